The van der Waals surface area contributed by atoms with Gasteiger partial charge in [0.2, 0.25) is 0 Å². The molecule has 1 atom stereocenters. The SMILES string of the molecule is CCCC(CCO)CNC(=NCc1ccnc(N2CCN(C)CC2)c1)NCC.I. The predicted octanol–water partition coefficient (Wildman–Crippen LogP) is 2.31. The standard InChI is InChI=1S/C21H38N6O.HI/c1-4-6-18(8-14-28)16-24-21(22-5-2)25-17-19-7-9-23-20(15-19)27-12-10-26(3)11-13-27;/h7,9,15,18,28H,4-6,8,10-14,16-17H2,1-3H3,(H2,22,24,25);1H. The van der Waals surface area contributed by atoms with E-state index in [1.54, 1.807) is 0 Å². The number of hydrogen-bond acceptors (Lipinski definition) is 5. The van der Waals surface area contributed by atoms with Gasteiger partial charge in [-0.2, -0.15) is 0 Å². The van der Waals surface area contributed by atoms with Crippen LogP contribution < -0.4 is 15.5 Å². The second-order valence-corrected chi connectivity index (χ2v) is 7.56. The third-order valence-corrected chi connectivity index (χ3v) is 5.19. The Balaban J connectivity index is 0.00000420. The van der Waals surface area contributed by atoms with Gasteiger partial charge in [-0.3, -0.25) is 0 Å². The molecule has 1 aliphatic rings. The van der Waals surface area contributed by atoms with E-state index in [1.807, 2.05) is 12.3 Å². The van der Waals surface area contributed by atoms with Crippen LogP contribution in [0.3, 0.4) is 0 Å². The number of aliphatic imine (C=N–C) groups is 1. The molecule has 2 heterocycles. The molecule has 1 aromatic rings. The number of pyridine rings is 1. The van der Waals surface area contributed by atoms with Gasteiger partial charge in [0, 0.05) is 52.1 Å². The molecule has 7 nitrogen and oxygen atoms in total. The van der Waals surface area contributed by atoms with Gasteiger partial charge in [0.15, 0.2) is 5.96 Å². The number of rotatable bonds is 10. The molecule has 29 heavy (non-hydrogen) atoms. The fourth-order valence-corrected chi connectivity index (χ4v) is 3.46. The number of aliphatic hydroxyl groups excluding tert-OH is 1. The van der Waals surface area contributed by atoms with Gasteiger partial charge >= 0.3 is 0 Å². The molecular formula is C21H39IN6O. The zero-order chi connectivity index (χ0) is 20.2. The molecule has 0 amide bonds. The minimum absolute atomic E-state index is 0. The first-order valence-electron chi connectivity index (χ1n) is 10.7. The Morgan fingerprint density at radius 3 is 2.62 bits per heavy atom. The van der Waals surface area contributed by atoms with Crippen molar-refractivity contribution in [3.05, 3.63) is 23.9 Å². The van der Waals surface area contributed by atoms with Crippen LogP contribution in [0.2, 0.25) is 0 Å². The normalized spacial score (nSPS) is 16.3. The molecule has 8 heteroatoms. The molecule has 1 fully saturated rings. The van der Waals surface area contributed by atoms with Crippen molar-refractivity contribution in [2.75, 3.05) is 57.8 Å². The van der Waals surface area contributed by atoms with Gasteiger partial charge in [0.05, 0.1) is 6.54 Å². The second-order valence-electron chi connectivity index (χ2n) is 7.56. The molecule has 2 rings (SSSR count). The molecule has 0 bridgehead atoms. The van der Waals surface area contributed by atoms with Gasteiger partial charge in [0.25, 0.3) is 0 Å². The number of nitrogens with zero attached hydrogens (tertiary/aromatic N) is 4. The molecule has 1 unspecified atom stereocenters. The Kier molecular flexibility index (Phi) is 13.2. The molecule has 0 aromatic carbocycles. The lowest BCUT2D eigenvalue weighted by Gasteiger charge is -2.33. The van der Waals surface area contributed by atoms with Crippen molar-refractivity contribution in [3.63, 3.8) is 0 Å². The molecule has 1 saturated heterocycles. The summed E-state index contributed by atoms with van der Waals surface area (Å²) in [5.74, 6) is 2.35. The number of halogens is 1. The van der Waals surface area contributed by atoms with Gasteiger partial charge in [-0.15, -0.1) is 24.0 Å². The summed E-state index contributed by atoms with van der Waals surface area (Å²) in [4.78, 5) is 14.0. The minimum Gasteiger partial charge on any atom is -0.396 e. The summed E-state index contributed by atoms with van der Waals surface area (Å²) in [6.45, 7) is 11.0. The van der Waals surface area contributed by atoms with Crippen molar-refractivity contribution in [2.45, 2.75) is 39.7 Å². The molecule has 0 spiro atoms. The van der Waals surface area contributed by atoms with Gasteiger partial charge < -0.3 is 25.5 Å². The zero-order valence-electron chi connectivity index (χ0n) is 18.2. The average Bonchev–Trinajstić information content (AvgIpc) is 2.71. The second kappa shape index (κ2) is 14.8. The number of hydrogen-bond donors (Lipinski definition) is 3. The van der Waals surface area contributed by atoms with Gasteiger partial charge in [-0.25, -0.2) is 9.98 Å². The van der Waals surface area contributed by atoms with Crippen molar-refractivity contribution < 1.29 is 5.11 Å². The molecular weight excluding hydrogens is 479 g/mol. The highest BCUT2D eigenvalue weighted by Crippen LogP contribution is 2.15. The fraction of sp³-hybridized carbons (Fsp3) is 0.714. The van der Waals surface area contributed by atoms with Crippen molar-refractivity contribution in [2.24, 2.45) is 10.9 Å². The van der Waals surface area contributed by atoms with E-state index in [0.717, 1.165) is 70.3 Å². The smallest absolute Gasteiger partial charge is 0.191 e. The lowest BCUT2D eigenvalue weighted by atomic mass is 10.0. The summed E-state index contributed by atoms with van der Waals surface area (Å²) in [6, 6.07) is 4.20. The number of aliphatic hydroxyl groups is 1. The molecule has 3 N–H and O–H groups in total. The van der Waals surface area contributed by atoms with E-state index < -0.39 is 0 Å². The Labute approximate surface area is 193 Å². The molecule has 0 radical (unpaired) electrons. The lowest BCUT2D eigenvalue weighted by Crippen LogP contribution is -2.44. The third kappa shape index (κ3) is 9.48. The van der Waals surface area contributed by atoms with Crippen LogP contribution in [0.1, 0.15) is 38.7 Å². The summed E-state index contributed by atoms with van der Waals surface area (Å²) in [5.41, 5.74) is 1.17. The Hall–Kier alpha value is -1.13. The summed E-state index contributed by atoms with van der Waals surface area (Å²) < 4.78 is 0. The van der Waals surface area contributed by atoms with Crippen molar-refractivity contribution in [1.82, 2.24) is 20.5 Å². The van der Waals surface area contributed by atoms with Gasteiger partial charge in [0.1, 0.15) is 5.82 Å². The number of anilines is 1. The molecule has 1 aromatic heterocycles. The van der Waals surface area contributed by atoms with E-state index in [2.05, 4.69) is 52.4 Å². The first-order valence-corrected chi connectivity index (χ1v) is 10.7. The highest BCUT2D eigenvalue weighted by Gasteiger charge is 2.15. The summed E-state index contributed by atoms with van der Waals surface area (Å²) in [6.07, 6.45) is 4.97. The Morgan fingerprint density at radius 2 is 1.97 bits per heavy atom. The summed E-state index contributed by atoms with van der Waals surface area (Å²) >= 11 is 0. The largest absolute Gasteiger partial charge is 0.396 e. The zero-order valence-corrected chi connectivity index (χ0v) is 20.6. The van der Waals surface area contributed by atoms with E-state index in [0.29, 0.717) is 12.5 Å². The first-order chi connectivity index (χ1) is 13.7. The Bertz CT molecular complexity index is 586. The van der Waals surface area contributed by atoms with Crippen molar-refractivity contribution in [1.29, 1.82) is 0 Å². The van der Waals surface area contributed by atoms with E-state index in [9.17, 15) is 5.11 Å². The van der Waals surface area contributed by atoms with E-state index >= 15 is 0 Å². The topological polar surface area (TPSA) is 76.0 Å². The maximum atomic E-state index is 9.25. The monoisotopic (exact) mass is 518 g/mol. The van der Waals surface area contributed by atoms with Crippen molar-refractivity contribution >= 4 is 35.8 Å². The number of likely N-dealkylation sites (N-methyl/N-ethyl adjacent to an activating group) is 1. The molecule has 0 aliphatic carbocycles. The van der Waals surface area contributed by atoms with E-state index in [4.69, 9.17) is 4.99 Å². The number of guanidine groups is 1. The minimum atomic E-state index is 0. The fourth-order valence-electron chi connectivity index (χ4n) is 3.46. The van der Waals surface area contributed by atoms with Crippen LogP contribution >= 0.6 is 24.0 Å². The van der Waals surface area contributed by atoms with Crippen LogP contribution in [0.4, 0.5) is 5.82 Å². The van der Waals surface area contributed by atoms with E-state index in [-0.39, 0.29) is 30.6 Å². The molecule has 1 aliphatic heterocycles. The maximum Gasteiger partial charge on any atom is 0.191 e. The van der Waals surface area contributed by atoms with Crippen molar-refractivity contribution in [3.8, 4) is 0 Å². The highest BCUT2D eigenvalue weighted by molar-refractivity contribution is 14.0. The van der Waals surface area contributed by atoms with Gasteiger partial charge in [-0.1, -0.05) is 13.3 Å². The quantitative estimate of drug-likeness (QED) is 0.251. The third-order valence-electron chi connectivity index (χ3n) is 5.19. The van der Waals surface area contributed by atoms with Crippen LogP contribution in [0.5, 0.6) is 0 Å². The lowest BCUT2D eigenvalue weighted by molar-refractivity contribution is 0.251. The summed E-state index contributed by atoms with van der Waals surface area (Å²) in [7, 11) is 2.16. The van der Waals surface area contributed by atoms with Crippen LogP contribution in [0.15, 0.2) is 23.3 Å². The van der Waals surface area contributed by atoms with Crippen LogP contribution in [0.25, 0.3) is 0 Å². The highest BCUT2D eigenvalue weighted by atomic mass is 127. The number of piperazine rings is 1. The first kappa shape index (κ1) is 25.9. The maximum absolute atomic E-state index is 9.25. The number of aromatic nitrogens is 1. The van der Waals surface area contributed by atoms with Gasteiger partial charge in [-0.05, 0) is 50.4 Å². The Morgan fingerprint density at radius 1 is 1.21 bits per heavy atom. The van der Waals surface area contributed by atoms with Crippen LogP contribution in [0, 0.1) is 5.92 Å². The average molecular weight is 518 g/mol. The van der Waals surface area contributed by atoms with Crippen LogP contribution in [-0.2, 0) is 6.54 Å². The number of nitrogens with one attached hydrogen (secondary N) is 2. The molecule has 0 saturated carbocycles. The van der Waals surface area contributed by atoms with Crippen LogP contribution in [-0.4, -0.2) is 73.9 Å². The van der Waals surface area contributed by atoms with E-state index in [1.165, 1.54) is 5.56 Å². The summed E-state index contributed by atoms with van der Waals surface area (Å²) in [5, 5.41) is 16.0. The molecule has 166 valence electrons. The predicted molar refractivity (Wildman–Crippen MR) is 132 cm³/mol.